The lowest BCUT2D eigenvalue weighted by atomic mass is 9.93. The molecule has 0 saturated heterocycles. The van der Waals surface area contributed by atoms with Gasteiger partial charge in [-0.1, -0.05) is 53.8 Å². The summed E-state index contributed by atoms with van der Waals surface area (Å²) in [6, 6.07) is 22.3. The number of ether oxygens (including phenoxy) is 3. The summed E-state index contributed by atoms with van der Waals surface area (Å²) in [5, 5.41) is 22.9. The van der Waals surface area contributed by atoms with Gasteiger partial charge < -0.3 is 14.2 Å². The Hall–Kier alpha value is -5.58. The number of aromatic nitrogens is 1. The molecule has 0 spiro atoms. The van der Waals surface area contributed by atoms with Crippen molar-refractivity contribution in [2.45, 2.75) is 17.9 Å². The first-order valence-electron chi connectivity index (χ1n) is 15.4. The first-order chi connectivity index (χ1) is 25.0. The summed E-state index contributed by atoms with van der Waals surface area (Å²) in [5.74, 6) is -0.606. The highest BCUT2D eigenvalue weighted by Gasteiger charge is 2.35. The van der Waals surface area contributed by atoms with Crippen molar-refractivity contribution in [3.63, 3.8) is 0 Å². The van der Waals surface area contributed by atoms with E-state index in [1.54, 1.807) is 36.9 Å². The van der Waals surface area contributed by atoms with E-state index in [-0.39, 0.29) is 29.4 Å². The number of hydrogen-bond donors (Lipinski definition) is 0. The number of fused-ring (bicyclic) bond motifs is 1. The molecule has 1 atom stereocenters. The fraction of sp³-hybridized carbons (Fsp3) is 0.139. The van der Waals surface area contributed by atoms with E-state index in [2.05, 4.69) is 15.9 Å². The average molecular weight is 804 g/mol. The van der Waals surface area contributed by atoms with E-state index in [0.717, 1.165) is 34.4 Å². The molecule has 52 heavy (non-hydrogen) atoms. The lowest BCUT2D eigenvalue weighted by Crippen LogP contribution is -2.40. The van der Waals surface area contributed by atoms with Crippen LogP contribution in [0.2, 0.25) is 0 Å². The number of benzene rings is 4. The number of esters is 1. The van der Waals surface area contributed by atoms with Gasteiger partial charge in [-0.25, -0.2) is 9.79 Å². The van der Waals surface area contributed by atoms with Crippen LogP contribution in [-0.4, -0.2) is 40.4 Å². The highest BCUT2D eigenvalue weighted by molar-refractivity contribution is 9.10. The summed E-state index contributed by atoms with van der Waals surface area (Å²) >= 11 is 6.16. The first-order valence-corrected chi connectivity index (χ1v) is 18.3. The molecule has 4 aromatic carbocycles. The standard InChI is InChI=1S/C36H27BrN4O9S2/c1-4-49-35(43)30-31(21-8-6-5-7-9-21)38-36-39(32(30)22-10-13-24(51-3)14-11-22)34(42)29(52-36)18-20-16-25(37)33(28(17-20)48-2)50-27-15-12-23(40(44)45)19-26(27)41(46)47/h5-19,32H,4H2,1-3H3/b29-18-/t32-/m1/s1. The van der Waals surface area contributed by atoms with Gasteiger partial charge >= 0.3 is 11.7 Å². The maximum atomic E-state index is 14.3. The maximum Gasteiger partial charge on any atom is 0.338 e. The molecule has 264 valence electrons. The highest BCUT2D eigenvalue weighted by atomic mass is 79.9. The molecule has 6 rings (SSSR count). The van der Waals surface area contributed by atoms with Crippen molar-refractivity contribution in [1.82, 2.24) is 4.57 Å². The minimum Gasteiger partial charge on any atom is -0.493 e. The predicted molar refractivity (Wildman–Crippen MR) is 200 cm³/mol. The van der Waals surface area contributed by atoms with Gasteiger partial charge in [-0.2, -0.15) is 0 Å². The number of rotatable bonds is 11. The van der Waals surface area contributed by atoms with Crippen molar-refractivity contribution in [2.75, 3.05) is 20.0 Å². The van der Waals surface area contributed by atoms with E-state index in [9.17, 15) is 29.8 Å². The second-order valence-electron chi connectivity index (χ2n) is 11.0. The van der Waals surface area contributed by atoms with Gasteiger partial charge in [0.05, 0.1) is 55.9 Å². The van der Waals surface area contributed by atoms with Gasteiger partial charge in [0.25, 0.3) is 11.2 Å². The normalized spacial score (nSPS) is 14.0. The van der Waals surface area contributed by atoms with Crippen LogP contribution in [0.15, 0.2) is 110 Å². The summed E-state index contributed by atoms with van der Waals surface area (Å²) in [6.45, 7) is 1.84. The zero-order valence-electron chi connectivity index (χ0n) is 27.6. The number of hydrogen-bond acceptors (Lipinski definition) is 12. The molecule has 13 nitrogen and oxygen atoms in total. The minimum absolute atomic E-state index is 0.0679. The van der Waals surface area contributed by atoms with E-state index in [0.29, 0.717) is 36.2 Å². The van der Waals surface area contributed by atoms with E-state index in [1.165, 1.54) is 11.7 Å². The lowest BCUT2D eigenvalue weighted by Gasteiger charge is -2.26. The second kappa shape index (κ2) is 15.3. The average Bonchev–Trinajstić information content (AvgIpc) is 3.45. The largest absolute Gasteiger partial charge is 0.493 e. The molecule has 0 fully saturated rings. The number of halogens is 1. The fourth-order valence-corrected chi connectivity index (χ4v) is 7.52. The van der Waals surface area contributed by atoms with Crippen LogP contribution in [0.1, 0.15) is 29.7 Å². The van der Waals surface area contributed by atoms with Gasteiger partial charge in [0, 0.05) is 16.5 Å². The molecular formula is C36H27BrN4O9S2. The van der Waals surface area contributed by atoms with Crippen molar-refractivity contribution in [3.8, 4) is 17.2 Å². The van der Waals surface area contributed by atoms with Crippen LogP contribution < -0.4 is 24.4 Å². The van der Waals surface area contributed by atoms with E-state index in [4.69, 9.17) is 19.2 Å². The van der Waals surface area contributed by atoms with Crippen LogP contribution >= 0.6 is 39.0 Å². The quantitative estimate of drug-likeness (QED) is 0.0586. The number of carbonyl (C=O) groups is 1. The molecule has 1 aliphatic rings. The van der Waals surface area contributed by atoms with Crippen molar-refractivity contribution in [1.29, 1.82) is 0 Å². The van der Waals surface area contributed by atoms with Gasteiger partial charge in [-0.15, -0.1) is 11.8 Å². The Morgan fingerprint density at radius 2 is 1.75 bits per heavy atom. The first kappa shape index (κ1) is 36.2. The molecule has 0 aliphatic carbocycles. The van der Waals surface area contributed by atoms with Gasteiger partial charge in [0.1, 0.15) is 0 Å². The summed E-state index contributed by atoms with van der Waals surface area (Å²) in [7, 11) is 1.38. The SMILES string of the molecule is CCOC(=O)C1=C(c2ccccc2)N=c2s/c(=C\c3cc(Br)c(Oc4ccc([N+](=O)[O-])cc4[N+](=O)[O-])c(OC)c3)c(=O)n2[C@@H]1c1ccc(SC)cc1. The summed E-state index contributed by atoms with van der Waals surface area (Å²) in [5.41, 5.74) is 1.05. The molecule has 0 unspecified atom stereocenters. The Balaban J connectivity index is 1.51. The van der Waals surface area contributed by atoms with Crippen molar-refractivity contribution >= 4 is 68.1 Å². The third-order valence-electron chi connectivity index (χ3n) is 7.92. The smallest absolute Gasteiger partial charge is 0.338 e. The van der Waals surface area contributed by atoms with Gasteiger partial charge in [0.2, 0.25) is 5.75 Å². The molecule has 16 heteroatoms. The van der Waals surface area contributed by atoms with Crippen LogP contribution in [0.3, 0.4) is 0 Å². The minimum atomic E-state index is -0.849. The molecule has 0 amide bonds. The Labute approximate surface area is 311 Å². The zero-order chi connectivity index (χ0) is 37.1. The Bertz CT molecular complexity index is 2450. The Morgan fingerprint density at radius 1 is 1.02 bits per heavy atom. The number of non-ortho nitro benzene ring substituents is 1. The van der Waals surface area contributed by atoms with E-state index >= 15 is 0 Å². The monoisotopic (exact) mass is 802 g/mol. The summed E-state index contributed by atoms with van der Waals surface area (Å²) in [4.78, 5) is 55.7. The van der Waals surface area contributed by atoms with E-state index in [1.807, 2.05) is 60.9 Å². The molecule has 0 bridgehead atoms. The van der Waals surface area contributed by atoms with Crippen LogP contribution in [0, 0.1) is 20.2 Å². The van der Waals surface area contributed by atoms with Crippen LogP contribution in [0.5, 0.6) is 17.2 Å². The summed E-state index contributed by atoms with van der Waals surface area (Å²) in [6.07, 6.45) is 3.60. The number of nitro benzene ring substituents is 2. The topological polar surface area (TPSA) is 165 Å². The molecule has 0 saturated carbocycles. The van der Waals surface area contributed by atoms with Crippen molar-refractivity contribution in [2.24, 2.45) is 4.99 Å². The Morgan fingerprint density at radius 3 is 2.38 bits per heavy atom. The molecule has 0 radical (unpaired) electrons. The molecular weight excluding hydrogens is 776 g/mol. The second-order valence-corrected chi connectivity index (χ2v) is 13.8. The number of methoxy groups -OCH3 is 1. The number of nitrogens with zero attached hydrogens (tertiary/aromatic N) is 4. The number of carbonyl (C=O) groups excluding carboxylic acids is 1. The number of thiazole rings is 1. The summed E-state index contributed by atoms with van der Waals surface area (Å²) < 4.78 is 19.1. The number of thioether (sulfide) groups is 1. The third-order valence-corrected chi connectivity index (χ3v) is 10.2. The van der Waals surface area contributed by atoms with Crippen LogP contribution in [-0.2, 0) is 9.53 Å². The Kier molecular flexibility index (Phi) is 10.7. The highest BCUT2D eigenvalue weighted by Crippen LogP contribution is 2.43. The lowest BCUT2D eigenvalue weighted by molar-refractivity contribution is -0.394. The molecule has 1 aromatic heterocycles. The fourth-order valence-electron chi connectivity index (χ4n) is 5.57. The van der Waals surface area contributed by atoms with Crippen molar-refractivity contribution in [3.05, 3.63) is 152 Å². The predicted octanol–water partition coefficient (Wildman–Crippen LogP) is 7.04. The van der Waals surface area contributed by atoms with Gasteiger partial charge in [-0.3, -0.25) is 29.6 Å². The van der Waals surface area contributed by atoms with Crippen LogP contribution in [0.25, 0.3) is 11.8 Å². The van der Waals surface area contributed by atoms with Gasteiger partial charge in [-0.05, 0) is 76.6 Å². The maximum absolute atomic E-state index is 14.3. The zero-order valence-corrected chi connectivity index (χ0v) is 30.8. The number of nitro groups is 2. The van der Waals surface area contributed by atoms with E-state index < -0.39 is 38.8 Å². The van der Waals surface area contributed by atoms with Crippen LogP contribution in [0.4, 0.5) is 11.4 Å². The molecule has 5 aromatic rings. The molecule has 0 N–H and O–H groups in total. The van der Waals surface area contributed by atoms with Crippen molar-refractivity contribution < 1.29 is 28.9 Å². The molecule has 1 aliphatic heterocycles. The third kappa shape index (κ3) is 7.12. The molecule has 2 heterocycles. The van der Waals surface area contributed by atoms with Gasteiger partial charge in [0.15, 0.2) is 16.3 Å².